The molecule has 0 bridgehead atoms. The zero-order valence-corrected chi connectivity index (χ0v) is 21.0. The van der Waals surface area contributed by atoms with Gasteiger partial charge in [-0.05, 0) is 80.3 Å². The first-order chi connectivity index (χ1) is 16.8. The number of para-hydroxylation sites is 1. The molecule has 1 aliphatic heterocycles. The number of carbonyl (C=O) groups excluding carboxylic acids is 1. The van der Waals surface area contributed by atoms with Crippen LogP contribution in [-0.4, -0.2) is 34.0 Å². The lowest BCUT2D eigenvalue weighted by atomic mass is 10.1. The monoisotopic (exact) mass is 513 g/mol. The Morgan fingerprint density at radius 3 is 2.37 bits per heavy atom. The van der Waals surface area contributed by atoms with E-state index in [2.05, 4.69) is 14.9 Å². The summed E-state index contributed by atoms with van der Waals surface area (Å²) >= 11 is 5.93. The van der Waals surface area contributed by atoms with Gasteiger partial charge in [0.25, 0.3) is 15.9 Å². The Morgan fingerprint density at radius 2 is 1.66 bits per heavy atom. The number of nitrogens with zero attached hydrogens (tertiary/aromatic N) is 1. The predicted molar refractivity (Wildman–Crippen MR) is 140 cm³/mol. The maximum Gasteiger partial charge on any atom is 0.264 e. The highest BCUT2D eigenvalue weighted by atomic mass is 35.5. The minimum absolute atomic E-state index is 0.104. The van der Waals surface area contributed by atoms with Crippen LogP contribution in [0, 0.1) is 6.92 Å². The van der Waals surface area contributed by atoms with Gasteiger partial charge in [-0.1, -0.05) is 29.8 Å². The van der Waals surface area contributed by atoms with Gasteiger partial charge in [-0.2, -0.15) is 0 Å². The molecule has 184 valence electrons. The maximum atomic E-state index is 13.4. The minimum atomic E-state index is -3.94. The number of sulfonamides is 1. The van der Waals surface area contributed by atoms with E-state index < -0.39 is 10.0 Å². The van der Waals surface area contributed by atoms with Crippen molar-refractivity contribution in [1.82, 2.24) is 0 Å². The highest BCUT2D eigenvalue weighted by Gasteiger charge is 2.24. The van der Waals surface area contributed by atoms with Crippen LogP contribution in [0.1, 0.15) is 24.8 Å². The van der Waals surface area contributed by atoms with Crippen LogP contribution in [0.25, 0.3) is 0 Å². The first kappa shape index (κ1) is 24.9. The molecule has 1 amide bonds. The molecule has 0 spiro atoms. The fraction of sp³-hybridized carbons (Fsp3) is 0.269. The fourth-order valence-electron chi connectivity index (χ4n) is 3.99. The Kier molecular flexibility index (Phi) is 7.83. The number of hydrogen-bond donors (Lipinski definition) is 2. The van der Waals surface area contributed by atoms with Gasteiger partial charge in [-0.25, -0.2) is 8.42 Å². The average Bonchev–Trinajstić information content (AvgIpc) is 2.85. The predicted octanol–water partition coefficient (Wildman–Crippen LogP) is 5.46. The largest absolute Gasteiger partial charge is 0.483 e. The molecule has 9 heteroatoms. The Morgan fingerprint density at radius 1 is 0.971 bits per heavy atom. The average molecular weight is 514 g/mol. The van der Waals surface area contributed by atoms with Crippen molar-refractivity contribution in [3.63, 3.8) is 0 Å². The molecule has 3 aromatic rings. The van der Waals surface area contributed by atoms with Crippen molar-refractivity contribution in [3.8, 4) is 5.75 Å². The molecule has 3 aromatic carbocycles. The van der Waals surface area contributed by atoms with Crippen LogP contribution >= 0.6 is 11.6 Å². The Balaban J connectivity index is 1.57. The van der Waals surface area contributed by atoms with Gasteiger partial charge in [-0.15, -0.1) is 0 Å². The molecular weight excluding hydrogens is 486 g/mol. The lowest BCUT2D eigenvalue weighted by molar-refractivity contribution is -0.118. The molecule has 1 fully saturated rings. The summed E-state index contributed by atoms with van der Waals surface area (Å²) in [6.45, 7) is 3.26. The van der Waals surface area contributed by atoms with E-state index in [9.17, 15) is 13.2 Å². The fourth-order valence-corrected chi connectivity index (χ4v) is 5.43. The van der Waals surface area contributed by atoms with Crippen LogP contribution < -0.4 is 19.7 Å². The standard InChI is InChI=1S/C26H28ClN3O4S/c1-19-7-3-4-8-24(19)34-18-26(31)28-22-13-14-23(30-15-5-2-6-16-30)25(17-22)35(32,33)29-21-11-9-20(27)10-12-21/h3-4,7-14,17,29H,2,5-6,15-16,18H2,1H3,(H,28,31). The van der Waals surface area contributed by atoms with Crippen LogP contribution in [0.5, 0.6) is 5.75 Å². The Labute approximate surface area is 211 Å². The molecule has 0 aromatic heterocycles. The number of nitrogens with one attached hydrogen (secondary N) is 2. The summed E-state index contributed by atoms with van der Waals surface area (Å²) in [7, 11) is -3.94. The normalized spacial score (nSPS) is 13.8. The number of rotatable bonds is 8. The molecule has 0 saturated carbocycles. The lowest BCUT2D eigenvalue weighted by Gasteiger charge is -2.30. The van der Waals surface area contributed by atoms with Gasteiger partial charge >= 0.3 is 0 Å². The highest BCUT2D eigenvalue weighted by molar-refractivity contribution is 7.92. The maximum absolute atomic E-state index is 13.4. The molecular formula is C26H28ClN3O4S. The zero-order chi connectivity index (χ0) is 24.8. The summed E-state index contributed by atoms with van der Waals surface area (Å²) in [4.78, 5) is 14.7. The van der Waals surface area contributed by atoms with Crippen LogP contribution in [0.4, 0.5) is 17.1 Å². The quantitative estimate of drug-likeness (QED) is 0.418. The second-order valence-electron chi connectivity index (χ2n) is 8.44. The second kappa shape index (κ2) is 11.0. The zero-order valence-electron chi connectivity index (χ0n) is 19.5. The van der Waals surface area contributed by atoms with Crippen LogP contribution in [0.15, 0.2) is 71.6 Å². The number of ether oxygens (including phenoxy) is 1. The van der Waals surface area contributed by atoms with E-state index in [0.717, 1.165) is 37.9 Å². The van der Waals surface area contributed by atoms with E-state index in [0.29, 0.717) is 27.8 Å². The van der Waals surface area contributed by atoms with Gasteiger partial charge in [0.15, 0.2) is 6.61 Å². The summed E-state index contributed by atoms with van der Waals surface area (Å²) in [5.41, 5.74) is 2.31. The molecule has 2 N–H and O–H groups in total. The van der Waals surface area contributed by atoms with Crippen molar-refractivity contribution in [2.24, 2.45) is 0 Å². The van der Waals surface area contributed by atoms with Crippen LogP contribution in [0.3, 0.4) is 0 Å². The molecule has 0 aliphatic carbocycles. The third kappa shape index (κ3) is 6.46. The highest BCUT2D eigenvalue weighted by Crippen LogP contribution is 2.32. The second-order valence-corrected chi connectivity index (χ2v) is 10.5. The summed E-state index contributed by atoms with van der Waals surface area (Å²) < 4.78 is 35.1. The van der Waals surface area contributed by atoms with Crippen molar-refractivity contribution in [3.05, 3.63) is 77.3 Å². The van der Waals surface area contributed by atoms with Crippen molar-refractivity contribution >= 4 is 44.6 Å². The van der Waals surface area contributed by atoms with Crippen molar-refractivity contribution in [2.45, 2.75) is 31.1 Å². The SMILES string of the molecule is Cc1ccccc1OCC(=O)Nc1ccc(N2CCCCC2)c(S(=O)(=O)Nc2ccc(Cl)cc2)c1. The number of hydrogen-bond acceptors (Lipinski definition) is 5. The molecule has 1 aliphatic rings. The molecule has 0 radical (unpaired) electrons. The summed E-state index contributed by atoms with van der Waals surface area (Å²) in [6, 6.07) is 18.8. The third-order valence-corrected chi connectivity index (χ3v) is 7.44. The third-order valence-electron chi connectivity index (χ3n) is 5.78. The number of benzene rings is 3. The molecule has 1 saturated heterocycles. The van der Waals surface area contributed by atoms with Crippen LogP contribution in [-0.2, 0) is 14.8 Å². The molecule has 1 heterocycles. The smallest absolute Gasteiger partial charge is 0.264 e. The van der Waals surface area contributed by atoms with E-state index in [1.54, 1.807) is 42.5 Å². The summed E-state index contributed by atoms with van der Waals surface area (Å²) in [6.07, 6.45) is 3.12. The molecule has 7 nitrogen and oxygen atoms in total. The Bertz CT molecular complexity index is 1290. The first-order valence-electron chi connectivity index (χ1n) is 11.5. The summed E-state index contributed by atoms with van der Waals surface area (Å²) in [5, 5.41) is 3.27. The van der Waals surface area contributed by atoms with Crippen molar-refractivity contribution in [2.75, 3.05) is 34.6 Å². The van der Waals surface area contributed by atoms with E-state index in [-0.39, 0.29) is 17.4 Å². The van der Waals surface area contributed by atoms with Gasteiger partial charge in [0.2, 0.25) is 0 Å². The number of halogens is 1. The number of aryl methyl sites for hydroxylation is 1. The first-order valence-corrected chi connectivity index (χ1v) is 13.3. The van der Waals surface area contributed by atoms with E-state index >= 15 is 0 Å². The molecule has 4 rings (SSSR count). The number of amides is 1. The van der Waals surface area contributed by atoms with Gasteiger partial charge in [0.05, 0.1) is 5.69 Å². The van der Waals surface area contributed by atoms with E-state index in [1.165, 1.54) is 6.07 Å². The van der Waals surface area contributed by atoms with E-state index in [1.807, 2.05) is 25.1 Å². The Hall–Kier alpha value is -3.23. The van der Waals surface area contributed by atoms with Crippen molar-refractivity contribution < 1.29 is 17.9 Å². The van der Waals surface area contributed by atoms with Crippen molar-refractivity contribution in [1.29, 1.82) is 0 Å². The van der Waals surface area contributed by atoms with Gasteiger partial charge in [0, 0.05) is 29.5 Å². The minimum Gasteiger partial charge on any atom is -0.483 e. The molecule has 35 heavy (non-hydrogen) atoms. The van der Waals surface area contributed by atoms with Gasteiger partial charge < -0.3 is 15.0 Å². The molecule has 0 atom stereocenters. The number of piperidine rings is 1. The summed E-state index contributed by atoms with van der Waals surface area (Å²) in [5.74, 6) is 0.242. The van der Waals surface area contributed by atoms with Gasteiger partial charge in [-0.3, -0.25) is 9.52 Å². The van der Waals surface area contributed by atoms with E-state index in [4.69, 9.17) is 16.3 Å². The van der Waals surface area contributed by atoms with Gasteiger partial charge in [0.1, 0.15) is 10.6 Å². The number of carbonyl (C=O) groups is 1. The van der Waals surface area contributed by atoms with Crippen LogP contribution in [0.2, 0.25) is 5.02 Å². The topological polar surface area (TPSA) is 87.7 Å². The number of anilines is 3. The lowest BCUT2D eigenvalue weighted by Crippen LogP contribution is -2.31. The molecule has 0 unspecified atom stereocenters.